The zero-order chi connectivity index (χ0) is 13.9. The second kappa shape index (κ2) is 4.99. The second-order valence-electron chi connectivity index (χ2n) is 4.69. The molecule has 1 aromatic heterocycles. The first-order valence-corrected chi connectivity index (χ1v) is 5.29. The van der Waals surface area contributed by atoms with Crippen LogP contribution >= 0.6 is 0 Å². The van der Waals surface area contributed by atoms with Gasteiger partial charge in [0.25, 0.3) is 0 Å². The number of amides is 1. The van der Waals surface area contributed by atoms with Crippen LogP contribution in [-0.4, -0.2) is 33.5 Å². The number of nitrogens with zero attached hydrogens (tertiary/aromatic N) is 3. The van der Waals surface area contributed by atoms with Gasteiger partial charge in [-0.3, -0.25) is 0 Å². The molecule has 0 aliphatic heterocycles. The smallest absolute Gasteiger partial charge is 0.370 e. The van der Waals surface area contributed by atoms with E-state index in [0.29, 0.717) is 0 Å². The maximum Gasteiger partial charge on any atom is 0.418 e. The highest BCUT2D eigenvalue weighted by Crippen LogP contribution is 2.16. The Balaban J connectivity index is 2.82. The van der Waals surface area contributed by atoms with Crippen molar-refractivity contribution in [3.05, 3.63) is 28.3 Å². The van der Waals surface area contributed by atoms with Crippen molar-refractivity contribution in [1.82, 2.24) is 9.88 Å². The predicted molar refractivity (Wildman–Crippen MR) is 64.4 cm³/mol. The molecule has 1 heterocycles. The number of hydrogen-bond acceptors (Lipinski definition) is 5. The highest BCUT2D eigenvalue weighted by atomic mass is 16.6. The van der Waals surface area contributed by atoms with Gasteiger partial charge in [-0.05, 0) is 31.8 Å². The summed E-state index contributed by atoms with van der Waals surface area (Å²) in [6.45, 7) is 5.53. The van der Waals surface area contributed by atoms with Crippen molar-refractivity contribution in [1.29, 1.82) is 0 Å². The lowest BCUT2D eigenvalue weighted by molar-refractivity contribution is -0.389. The third kappa shape index (κ3) is 3.41. The first kappa shape index (κ1) is 13.9. The van der Waals surface area contributed by atoms with E-state index in [1.54, 1.807) is 7.05 Å². The van der Waals surface area contributed by atoms with Crippen LogP contribution in [0, 0.1) is 10.1 Å². The molecule has 0 atom stereocenters. The van der Waals surface area contributed by atoms with Crippen LogP contribution < -0.4 is 4.74 Å². The number of nitro groups is 1. The van der Waals surface area contributed by atoms with Crippen LogP contribution in [0.25, 0.3) is 0 Å². The zero-order valence-electron chi connectivity index (χ0n) is 10.7. The number of pyridine rings is 1. The Morgan fingerprint density at radius 1 is 1.44 bits per heavy atom. The van der Waals surface area contributed by atoms with Crippen molar-refractivity contribution in [3.8, 4) is 5.88 Å². The van der Waals surface area contributed by atoms with E-state index in [-0.39, 0.29) is 11.7 Å². The number of hydrogen-bond donors (Lipinski definition) is 0. The van der Waals surface area contributed by atoms with Crippen LogP contribution in [0.3, 0.4) is 0 Å². The summed E-state index contributed by atoms with van der Waals surface area (Å²) in [7, 11) is 1.58. The van der Waals surface area contributed by atoms with Crippen molar-refractivity contribution in [2.24, 2.45) is 0 Å². The lowest BCUT2D eigenvalue weighted by Gasteiger charge is -2.30. The summed E-state index contributed by atoms with van der Waals surface area (Å²) in [5, 5.41) is 10.5. The molecule has 7 nitrogen and oxygen atoms in total. The average Bonchev–Trinajstić information content (AvgIpc) is 2.27. The molecule has 98 valence electrons. The highest BCUT2D eigenvalue weighted by Gasteiger charge is 2.25. The fourth-order valence-electron chi connectivity index (χ4n) is 0.994. The van der Waals surface area contributed by atoms with Gasteiger partial charge < -0.3 is 19.8 Å². The third-order valence-corrected chi connectivity index (χ3v) is 2.37. The number of carbonyl (C=O) groups excluding carboxylic acids is 1. The molecule has 0 saturated heterocycles. The van der Waals surface area contributed by atoms with Gasteiger partial charge in [-0.25, -0.2) is 4.79 Å². The molecule has 0 N–H and O–H groups in total. The van der Waals surface area contributed by atoms with Crippen LogP contribution in [-0.2, 0) is 0 Å². The minimum atomic E-state index is -0.648. The van der Waals surface area contributed by atoms with E-state index in [1.165, 1.54) is 23.1 Å². The van der Waals surface area contributed by atoms with Crippen LogP contribution in [0.4, 0.5) is 10.6 Å². The Morgan fingerprint density at radius 3 is 2.56 bits per heavy atom. The average molecular weight is 253 g/mol. The molecule has 0 radical (unpaired) electrons. The summed E-state index contributed by atoms with van der Waals surface area (Å²) in [6.07, 6.45) is -0.615. The van der Waals surface area contributed by atoms with Crippen LogP contribution in [0.15, 0.2) is 18.2 Å². The summed E-state index contributed by atoms with van der Waals surface area (Å²) in [6, 6.07) is 4.02. The molecule has 0 spiro atoms. The van der Waals surface area contributed by atoms with Crippen LogP contribution in [0.1, 0.15) is 20.8 Å². The number of carbonyl (C=O) groups is 1. The SMILES string of the molecule is CN(C(=O)Oc1cccc([N+](=O)[O-])n1)C(C)(C)C. The van der Waals surface area contributed by atoms with E-state index >= 15 is 0 Å². The molecule has 0 aromatic carbocycles. The lowest BCUT2D eigenvalue weighted by Crippen LogP contribution is -2.44. The van der Waals surface area contributed by atoms with Crippen molar-refractivity contribution >= 4 is 11.9 Å². The molecule has 0 saturated carbocycles. The molecule has 0 fully saturated rings. The van der Waals surface area contributed by atoms with Crippen molar-refractivity contribution in [3.63, 3.8) is 0 Å². The van der Waals surface area contributed by atoms with Gasteiger partial charge in [0.05, 0.1) is 0 Å². The highest BCUT2D eigenvalue weighted by molar-refractivity contribution is 5.70. The normalized spacial score (nSPS) is 10.9. The molecule has 0 unspecified atom stereocenters. The summed E-state index contributed by atoms with van der Waals surface area (Å²) >= 11 is 0. The fourth-order valence-corrected chi connectivity index (χ4v) is 0.994. The van der Waals surface area contributed by atoms with E-state index in [2.05, 4.69) is 4.98 Å². The molecular formula is C11H15N3O4. The lowest BCUT2D eigenvalue weighted by atomic mass is 10.1. The maximum atomic E-state index is 11.7. The first-order valence-electron chi connectivity index (χ1n) is 5.29. The van der Waals surface area contributed by atoms with Crippen molar-refractivity contribution in [2.45, 2.75) is 26.3 Å². The van der Waals surface area contributed by atoms with Gasteiger partial charge in [0, 0.05) is 29.7 Å². The number of ether oxygens (including phenoxy) is 1. The summed E-state index contributed by atoms with van der Waals surface area (Å²) in [5.41, 5.74) is -0.405. The minimum absolute atomic E-state index is 0.0923. The van der Waals surface area contributed by atoms with Crippen molar-refractivity contribution < 1.29 is 14.5 Å². The minimum Gasteiger partial charge on any atom is -0.370 e. The Labute approximate surface area is 105 Å². The third-order valence-electron chi connectivity index (χ3n) is 2.37. The van der Waals surface area contributed by atoms with Gasteiger partial charge in [-0.2, -0.15) is 0 Å². The van der Waals surface area contributed by atoms with Gasteiger partial charge in [0.2, 0.25) is 0 Å². The first-order chi connectivity index (χ1) is 8.21. The van der Waals surface area contributed by atoms with E-state index in [0.717, 1.165) is 0 Å². The van der Waals surface area contributed by atoms with E-state index < -0.39 is 16.6 Å². The molecule has 0 bridgehead atoms. The van der Waals surface area contributed by atoms with E-state index in [4.69, 9.17) is 4.74 Å². The van der Waals surface area contributed by atoms with Gasteiger partial charge >= 0.3 is 17.8 Å². The largest absolute Gasteiger partial charge is 0.418 e. The van der Waals surface area contributed by atoms with Gasteiger partial charge in [-0.1, -0.05) is 0 Å². The molecule has 18 heavy (non-hydrogen) atoms. The molecule has 7 heteroatoms. The van der Waals surface area contributed by atoms with Crippen molar-refractivity contribution in [2.75, 3.05) is 7.05 Å². The number of rotatable bonds is 2. The van der Waals surface area contributed by atoms with Crippen LogP contribution in [0.2, 0.25) is 0 Å². The Bertz CT molecular complexity index is 468. The van der Waals surface area contributed by atoms with Gasteiger partial charge in [-0.15, -0.1) is 0 Å². The Hall–Kier alpha value is -2.18. The molecule has 1 aromatic rings. The van der Waals surface area contributed by atoms with Crippen LogP contribution in [0.5, 0.6) is 5.88 Å². The van der Waals surface area contributed by atoms with Gasteiger partial charge in [0.15, 0.2) is 0 Å². The molecule has 0 aliphatic carbocycles. The Morgan fingerprint density at radius 2 is 2.06 bits per heavy atom. The van der Waals surface area contributed by atoms with Gasteiger partial charge in [0.1, 0.15) is 0 Å². The molecule has 0 aliphatic rings. The quantitative estimate of drug-likeness (QED) is 0.595. The molecule has 1 rings (SSSR count). The monoisotopic (exact) mass is 253 g/mol. The zero-order valence-corrected chi connectivity index (χ0v) is 10.7. The topological polar surface area (TPSA) is 85.6 Å². The summed E-state index contributed by atoms with van der Waals surface area (Å²) in [5.74, 6) is -0.455. The summed E-state index contributed by atoms with van der Waals surface area (Å²) < 4.78 is 4.96. The Kier molecular flexibility index (Phi) is 3.85. The number of aromatic nitrogens is 1. The maximum absolute atomic E-state index is 11.7. The predicted octanol–water partition coefficient (Wildman–Crippen LogP) is 2.22. The molecular weight excluding hydrogens is 238 g/mol. The standard InChI is InChI=1S/C11H15N3O4/c1-11(2,3)13(4)10(15)18-9-7-5-6-8(12-9)14(16)17/h5-7H,1-4H3. The molecule has 1 amide bonds. The summed E-state index contributed by atoms with van der Waals surface area (Å²) in [4.78, 5) is 26.6. The second-order valence-corrected chi connectivity index (χ2v) is 4.69. The fraction of sp³-hybridized carbons (Fsp3) is 0.455. The van der Waals surface area contributed by atoms with E-state index in [9.17, 15) is 14.9 Å². The van der Waals surface area contributed by atoms with E-state index in [1.807, 2.05) is 20.8 Å².